The first-order valence-corrected chi connectivity index (χ1v) is 8.77. The normalized spacial score (nSPS) is 10.4. The summed E-state index contributed by atoms with van der Waals surface area (Å²) in [5.41, 5.74) is 0.341. The standard InChI is InChI=1S/C19H20N6O4/c1-13-6-7-14(10-21-13)29-9-5-4-8-20-15(26)11-25-12-22-17-16(25)18(27)24(3)19(28)23(17)2/h6-7,10,12H,8-9,11H2,1-3H3,(H,20,26). The highest BCUT2D eigenvalue weighted by Crippen LogP contribution is 2.07. The molecule has 0 aliphatic rings. The van der Waals surface area contributed by atoms with Crippen molar-refractivity contribution >= 4 is 17.1 Å². The number of rotatable bonds is 5. The van der Waals surface area contributed by atoms with Crippen molar-refractivity contribution in [2.45, 2.75) is 13.5 Å². The second-order valence-corrected chi connectivity index (χ2v) is 6.30. The van der Waals surface area contributed by atoms with Crippen LogP contribution in [0.2, 0.25) is 0 Å². The maximum Gasteiger partial charge on any atom is 0.332 e. The highest BCUT2D eigenvalue weighted by Gasteiger charge is 2.15. The molecule has 0 atom stereocenters. The van der Waals surface area contributed by atoms with E-state index in [4.69, 9.17) is 4.74 Å². The summed E-state index contributed by atoms with van der Waals surface area (Å²) in [6.45, 7) is 2.09. The Balaban J connectivity index is 1.56. The molecule has 3 aromatic heterocycles. The number of aryl methyl sites for hydroxylation is 2. The fraction of sp³-hybridized carbons (Fsp3) is 0.316. The number of carbonyl (C=O) groups excluding carboxylic acids is 1. The molecule has 3 heterocycles. The highest BCUT2D eigenvalue weighted by atomic mass is 16.5. The predicted octanol–water partition coefficient (Wildman–Crippen LogP) is -0.664. The number of carbonyl (C=O) groups is 1. The van der Waals surface area contributed by atoms with Crippen LogP contribution in [0.15, 0.2) is 34.2 Å². The Morgan fingerprint density at radius 2 is 1.97 bits per heavy atom. The van der Waals surface area contributed by atoms with Crippen molar-refractivity contribution in [1.82, 2.24) is 29.0 Å². The fourth-order valence-corrected chi connectivity index (χ4v) is 2.64. The number of nitrogens with zero attached hydrogens (tertiary/aromatic N) is 5. The molecule has 3 rings (SSSR count). The van der Waals surface area contributed by atoms with Crippen LogP contribution in [-0.4, -0.2) is 42.7 Å². The van der Waals surface area contributed by atoms with Gasteiger partial charge in [-0.2, -0.15) is 0 Å². The van der Waals surface area contributed by atoms with Crippen molar-refractivity contribution in [3.05, 3.63) is 51.2 Å². The van der Waals surface area contributed by atoms with E-state index >= 15 is 0 Å². The Morgan fingerprint density at radius 1 is 1.17 bits per heavy atom. The van der Waals surface area contributed by atoms with Crippen LogP contribution in [0, 0.1) is 18.8 Å². The third-order valence-corrected chi connectivity index (χ3v) is 4.23. The molecule has 1 amide bonds. The van der Waals surface area contributed by atoms with Crippen molar-refractivity contribution in [2.24, 2.45) is 14.1 Å². The van der Waals surface area contributed by atoms with Gasteiger partial charge in [-0.1, -0.05) is 11.8 Å². The van der Waals surface area contributed by atoms with E-state index in [0.29, 0.717) is 5.75 Å². The van der Waals surface area contributed by atoms with E-state index in [1.807, 2.05) is 13.0 Å². The van der Waals surface area contributed by atoms with Gasteiger partial charge in [0.2, 0.25) is 5.91 Å². The SMILES string of the molecule is Cc1ccc(OCC#CCNC(=O)Cn2cnc3c2c(=O)n(C)c(=O)n3C)cn1. The van der Waals surface area contributed by atoms with Crippen molar-refractivity contribution in [1.29, 1.82) is 0 Å². The summed E-state index contributed by atoms with van der Waals surface area (Å²) >= 11 is 0. The number of imidazole rings is 1. The van der Waals surface area contributed by atoms with E-state index in [2.05, 4.69) is 27.1 Å². The predicted molar refractivity (Wildman–Crippen MR) is 105 cm³/mol. The van der Waals surface area contributed by atoms with Gasteiger partial charge in [0, 0.05) is 19.8 Å². The zero-order valence-corrected chi connectivity index (χ0v) is 16.3. The summed E-state index contributed by atoms with van der Waals surface area (Å²) in [5.74, 6) is 5.87. The molecule has 10 heteroatoms. The number of ether oxygens (including phenoxy) is 1. The number of fused-ring (bicyclic) bond motifs is 1. The Labute approximate surface area is 165 Å². The van der Waals surface area contributed by atoms with Crippen LogP contribution >= 0.6 is 0 Å². The molecule has 0 bridgehead atoms. The maximum absolute atomic E-state index is 12.3. The van der Waals surface area contributed by atoms with E-state index < -0.39 is 11.2 Å². The molecule has 3 aromatic rings. The molecule has 0 aliphatic heterocycles. The molecule has 1 N–H and O–H groups in total. The quantitative estimate of drug-likeness (QED) is 0.573. The minimum absolute atomic E-state index is 0.114. The zero-order valence-electron chi connectivity index (χ0n) is 16.3. The van der Waals surface area contributed by atoms with Crippen LogP contribution in [0.5, 0.6) is 5.75 Å². The van der Waals surface area contributed by atoms with Crippen LogP contribution < -0.4 is 21.3 Å². The average molecular weight is 396 g/mol. The van der Waals surface area contributed by atoms with Gasteiger partial charge in [-0.15, -0.1) is 0 Å². The van der Waals surface area contributed by atoms with Gasteiger partial charge in [0.05, 0.1) is 19.1 Å². The van der Waals surface area contributed by atoms with Gasteiger partial charge >= 0.3 is 5.69 Å². The molecule has 29 heavy (non-hydrogen) atoms. The van der Waals surface area contributed by atoms with Gasteiger partial charge in [0.1, 0.15) is 18.9 Å². The first-order chi connectivity index (χ1) is 13.9. The largest absolute Gasteiger partial charge is 0.479 e. The van der Waals surface area contributed by atoms with Crippen molar-refractivity contribution in [3.8, 4) is 17.6 Å². The lowest BCUT2D eigenvalue weighted by atomic mass is 10.4. The zero-order chi connectivity index (χ0) is 21.0. The Kier molecular flexibility index (Phi) is 5.78. The molecule has 0 fully saturated rings. The van der Waals surface area contributed by atoms with Gasteiger partial charge in [0.25, 0.3) is 5.56 Å². The van der Waals surface area contributed by atoms with Gasteiger partial charge in [-0.3, -0.25) is 23.7 Å². The van der Waals surface area contributed by atoms with Gasteiger partial charge in [-0.25, -0.2) is 9.78 Å². The molecule has 0 unspecified atom stereocenters. The molecule has 0 aliphatic carbocycles. The molecular formula is C19H20N6O4. The summed E-state index contributed by atoms with van der Waals surface area (Å²) in [6, 6.07) is 3.65. The molecule has 0 aromatic carbocycles. The third-order valence-electron chi connectivity index (χ3n) is 4.23. The van der Waals surface area contributed by atoms with Crippen molar-refractivity contribution in [3.63, 3.8) is 0 Å². The van der Waals surface area contributed by atoms with E-state index in [-0.39, 0.29) is 36.8 Å². The minimum atomic E-state index is -0.504. The summed E-state index contributed by atoms with van der Waals surface area (Å²) in [7, 11) is 2.90. The van der Waals surface area contributed by atoms with E-state index in [9.17, 15) is 14.4 Å². The molecule has 150 valence electrons. The number of hydrogen-bond acceptors (Lipinski definition) is 6. The summed E-state index contributed by atoms with van der Waals surface area (Å²) < 4.78 is 9.07. The fourth-order valence-electron chi connectivity index (χ4n) is 2.64. The van der Waals surface area contributed by atoms with Crippen LogP contribution in [0.25, 0.3) is 11.2 Å². The third kappa shape index (κ3) is 4.35. The molecular weight excluding hydrogens is 376 g/mol. The lowest BCUT2D eigenvalue weighted by Crippen LogP contribution is -2.38. The summed E-state index contributed by atoms with van der Waals surface area (Å²) in [6.07, 6.45) is 2.98. The van der Waals surface area contributed by atoms with Crippen LogP contribution in [-0.2, 0) is 25.4 Å². The van der Waals surface area contributed by atoms with Crippen LogP contribution in [0.3, 0.4) is 0 Å². The maximum atomic E-state index is 12.3. The van der Waals surface area contributed by atoms with E-state index in [1.54, 1.807) is 12.3 Å². The van der Waals surface area contributed by atoms with E-state index in [0.717, 1.165) is 10.3 Å². The second-order valence-electron chi connectivity index (χ2n) is 6.30. The lowest BCUT2D eigenvalue weighted by Gasteiger charge is -2.06. The molecule has 10 nitrogen and oxygen atoms in total. The number of hydrogen-bond donors (Lipinski definition) is 1. The summed E-state index contributed by atoms with van der Waals surface area (Å²) in [5, 5.41) is 2.65. The van der Waals surface area contributed by atoms with Gasteiger partial charge in [-0.05, 0) is 19.1 Å². The average Bonchev–Trinajstić information content (AvgIpc) is 3.12. The van der Waals surface area contributed by atoms with Crippen LogP contribution in [0.4, 0.5) is 0 Å². The summed E-state index contributed by atoms with van der Waals surface area (Å²) in [4.78, 5) is 44.6. The smallest absolute Gasteiger partial charge is 0.332 e. The highest BCUT2D eigenvalue weighted by molar-refractivity contribution is 5.79. The van der Waals surface area contributed by atoms with E-state index in [1.165, 1.54) is 29.6 Å². The first-order valence-electron chi connectivity index (χ1n) is 8.77. The van der Waals surface area contributed by atoms with Crippen LogP contribution in [0.1, 0.15) is 5.69 Å². The number of pyridine rings is 1. The first kappa shape index (κ1) is 19.9. The molecule has 0 saturated carbocycles. The second kappa shape index (κ2) is 8.43. The Bertz CT molecular complexity index is 1220. The van der Waals surface area contributed by atoms with Crippen molar-refractivity contribution in [2.75, 3.05) is 13.2 Å². The van der Waals surface area contributed by atoms with Gasteiger partial charge in [0.15, 0.2) is 11.2 Å². The topological polar surface area (TPSA) is 113 Å². The number of nitrogens with one attached hydrogen (secondary N) is 1. The molecule has 0 radical (unpaired) electrons. The van der Waals surface area contributed by atoms with Crippen molar-refractivity contribution < 1.29 is 9.53 Å². The number of amides is 1. The monoisotopic (exact) mass is 396 g/mol. The lowest BCUT2D eigenvalue weighted by molar-refractivity contribution is -0.121. The Morgan fingerprint density at radius 3 is 2.69 bits per heavy atom. The number of aromatic nitrogens is 5. The van der Waals surface area contributed by atoms with Gasteiger partial charge < -0.3 is 14.6 Å². The molecule has 0 saturated heterocycles. The molecule has 0 spiro atoms. The Hall–Kier alpha value is -3.87. The minimum Gasteiger partial charge on any atom is -0.479 e.